The summed E-state index contributed by atoms with van der Waals surface area (Å²) in [7, 11) is 3.25. The first-order chi connectivity index (χ1) is 26.4. The van der Waals surface area contributed by atoms with Crippen molar-refractivity contribution in [1.29, 1.82) is 0 Å². The van der Waals surface area contributed by atoms with E-state index >= 15 is 0 Å². The number of ether oxygens (including phenoxy) is 4. The number of carboxylic acid groups (broad SMARTS) is 1. The van der Waals surface area contributed by atoms with Gasteiger partial charge in [0.15, 0.2) is 11.5 Å². The first kappa shape index (κ1) is 37.2. The Bertz CT molecular complexity index is 2470. The van der Waals surface area contributed by atoms with E-state index in [1.165, 1.54) is 6.33 Å². The Hall–Kier alpha value is -6.52. The van der Waals surface area contributed by atoms with E-state index in [1.807, 2.05) is 54.6 Å². The maximum absolute atomic E-state index is 11.3. The molecule has 7 rings (SSSR count). The maximum atomic E-state index is 11.3. The van der Waals surface area contributed by atoms with Crippen LogP contribution in [0.3, 0.4) is 0 Å². The third kappa shape index (κ3) is 9.09. The zero-order valence-electron chi connectivity index (χ0n) is 29.4. The molecule has 3 aromatic heterocycles. The highest BCUT2D eigenvalue weighted by Gasteiger charge is 2.14. The predicted molar refractivity (Wildman–Crippen MR) is 211 cm³/mol. The molecule has 0 saturated heterocycles. The number of halogens is 1. The predicted octanol–water partition coefficient (Wildman–Crippen LogP) is 8.28. The van der Waals surface area contributed by atoms with Crippen LogP contribution in [0, 0.1) is 12.3 Å². The molecule has 12 nitrogen and oxygen atoms in total. The standard InChI is InChI=1S/C22H23N3O4.C19H12ClN3O2/c1-4-16-6-5-7-17(12-16)25-22-18-13-20(28-10-8-26-2)21(29-11-9-27-3)14-19(18)23-15-24-22;20-12-2-1-3-13(9-12)22-18-15-6-7-21-10-16(15)14-5-4-11(19(24)25)8-17(14)23-18/h1,5-7,12-15H,8-11H2,2-3H3,(H,23,24,25);1-10H,(H,22,23)(H,24,25). The van der Waals surface area contributed by atoms with Crippen LogP contribution in [0.2, 0.25) is 5.02 Å². The molecule has 0 amide bonds. The molecule has 0 saturated carbocycles. The Morgan fingerprint density at radius 2 is 1.48 bits per heavy atom. The van der Waals surface area contributed by atoms with Crippen LogP contribution in [0.1, 0.15) is 15.9 Å². The summed E-state index contributed by atoms with van der Waals surface area (Å²) >= 11 is 6.04. The normalized spacial score (nSPS) is 10.7. The summed E-state index contributed by atoms with van der Waals surface area (Å²) in [5.74, 6) is 4.08. The molecule has 0 aliphatic carbocycles. The zero-order chi connectivity index (χ0) is 37.9. The van der Waals surface area contributed by atoms with E-state index in [4.69, 9.17) is 37.0 Å². The monoisotopic (exact) mass is 742 g/mol. The Morgan fingerprint density at radius 1 is 0.759 bits per heavy atom. The third-order valence-corrected chi connectivity index (χ3v) is 8.25. The summed E-state index contributed by atoms with van der Waals surface area (Å²) in [6, 6.07) is 25.4. The van der Waals surface area contributed by atoms with Gasteiger partial charge in [0.2, 0.25) is 0 Å². The molecular formula is C41H35ClN6O6. The van der Waals surface area contributed by atoms with Crippen molar-refractivity contribution in [3.05, 3.63) is 120 Å². The Morgan fingerprint density at radius 3 is 2.20 bits per heavy atom. The lowest BCUT2D eigenvalue weighted by atomic mass is 10.1. The number of anilines is 4. The van der Waals surface area contributed by atoms with Gasteiger partial charge >= 0.3 is 5.97 Å². The van der Waals surface area contributed by atoms with Crippen LogP contribution in [-0.2, 0) is 9.47 Å². The number of pyridine rings is 2. The second kappa shape index (κ2) is 17.8. The number of methoxy groups -OCH3 is 2. The van der Waals surface area contributed by atoms with Crippen molar-refractivity contribution in [2.75, 3.05) is 51.3 Å². The van der Waals surface area contributed by atoms with Gasteiger partial charge in [0, 0.05) is 76.2 Å². The summed E-state index contributed by atoms with van der Waals surface area (Å²) in [6.07, 6.45) is 10.4. The van der Waals surface area contributed by atoms with E-state index in [-0.39, 0.29) is 5.56 Å². The summed E-state index contributed by atoms with van der Waals surface area (Å²) < 4.78 is 21.8. The first-order valence-electron chi connectivity index (χ1n) is 16.7. The highest BCUT2D eigenvalue weighted by Crippen LogP contribution is 2.35. The van der Waals surface area contributed by atoms with Gasteiger partial charge in [-0.05, 0) is 60.7 Å². The second-order valence-corrected chi connectivity index (χ2v) is 12.1. The lowest BCUT2D eigenvalue weighted by Gasteiger charge is -2.15. The molecule has 13 heteroatoms. The second-order valence-electron chi connectivity index (χ2n) is 11.6. The van der Waals surface area contributed by atoms with Gasteiger partial charge < -0.3 is 34.7 Å². The molecule has 0 unspecified atom stereocenters. The third-order valence-electron chi connectivity index (χ3n) is 8.01. The molecule has 54 heavy (non-hydrogen) atoms. The summed E-state index contributed by atoms with van der Waals surface area (Å²) in [6.45, 7) is 1.73. The van der Waals surface area contributed by atoms with Crippen molar-refractivity contribution >= 4 is 73.2 Å². The summed E-state index contributed by atoms with van der Waals surface area (Å²) in [4.78, 5) is 28.8. The van der Waals surface area contributed by atoms with E-state index in [2.05, 4.69) is 36.5 Å². The van der Waals surface area contributed by atoms with Gasteiger partial charge in [0.1, 0.15) is 31.2 Å². The van der Waals surface area contributed by atoms with Crippen LogP contribution in [0.4, 0.5) is 23.0 Å². The molecule has 3 N–H and O–H groups in total. The van der Waals surface area contributed by atoms with Crippen molar-refractivity contribution in [3.8, 4) is 23.8 Å². The van der Waals surface area contributed by atoms with Crippen molar-refractivity contribution in [2.45, 2.75) is 0 Å². The molecule has 0 aliphatic heterocycles. The minimum atomic E-state index is -0.987. The van der Waals surface area contributed by atoms with Crippen LogP contribution in [-0.4, -0.2) is 71.7 Å². The van der Waals surface area contributed by atoms with Crippen molar-refractivity contribution in [2.24, 2.45) is 0 Å². The molecule has 272 valence electrons. The highest BCUT2D eigenvalue weighted by atomic mass is 35.5. The fourth-order valence-corrected chi connectivity index (χ4v) is 5.65. The minimum Gasteiger partial charge on any atom is -0.487 e. The van der Waals surface area contributed by atoms with Gasteiger partial charge in [-0.3, -0.25) is 4.98 Å². The fourth-order valence-electron chi connectivity index (χ4n) is 5.46. The Labute approximate surface area is 316 Å². The molecule has 0 bridgehead atoms. The molecule has 0 atom stereocenters. The minimum absolute atomic E-state index is 0.192. The number of benzene rings is 4. The molecule has 0 aliphatic rings. The number of nitrogens with one attached hydrogen (secondary N) is 2. The lowest BCUT2D eigenvalue weighted by molar-refractivity contribution is 0.0697. The summed E-state index contributed by atoms with van der Waals surface area (Å²) in [5, 5.41) is 19.8. The summed E-state index contributed by atoms with van der Waals surface area (Å²) in [5.41, 5.74) is 3.92. The molecule has 3 heterocycles. The number of aromatic nitrogens is 4. The van der Waals surface area contributed by atoms with E-state index < -0.39 is 5.97 Å². The number of hydrogen-bond acceptors (Lipinski definition) is 11. The van der Waals surface area contributed by atoms with Gasteiger partial charge in [0.25, 0.3) is 0 Å². The molecule has 7 aromatic rings. The van der Waals surface area contributed by atoms with Crippen LogP contribution >= 0.6 is 11.6 Å². The number of carboxylic acids is 1. The SMILES string of the molecule is C#Cc1cccc(Nc2ncnc3cc(OCCOC)c(OCCOC)cc23)c1.O=C(O)c1ccc2c(c1)nc(Nc1cccc(Cl)c1)c1ccncc12. The molecule has 4 aromatic carbocycles. The average Bonchev–Trinajstić information content (AvgIpc) is 3.18. The number of carbonyl (C=O) groups is 1. The quantitative estimate of drug-likeness (QED) is 0.0593. The van der Waals surface area contributed by atoms with Gasteiger partial charge in [-0.15, -0.1) is 6.42 Å². The number of hydrogen-bond donors (Lipinski definition) is 3. The van der Waals surface area contributed by atoms with Crippen LogP contribution < -0.4 is 20.1 Å². The number of fused-ring (bicyclic) bond motifs is 4. The van der Waals surface area contributed by atoms with E-state index in [9.17, 15) is 9.90 Å². The van der Waals surface area contributed by atoms with Gasteiger partial charge in [0.05, 0.1) is 29.8 Å². The highest BCUT2D eigenvalue weighted by molar-refractivity contribution is 6.30. The topological polar surface area (TPSA) is 150 Å². The van der Waals surface area contributed by atoms with Crippen molar-refractivity contribution < 1.29 is 28.8 Å². The largest absolute Gasteiger partial charge is 0.487 e. The number of terminal acetylenes is 1. The van der Waals surface area contributed by atoms with E-state index in [0.29, 0.717) is 60.1 Å². The number of aromatic carboxylic acids is 1. The van der Waals surface area contributed by atoms with Crippen molar-refractivity contribution in [3.63, 3.8) is 0 Å². The molecule has 0 fully saturated rings. The van der Waals surface area contributed by atoms with Gasteiger partial charge in [-0.25, -0.2) is 19.7 Å². The Balaban J connectivity index is 0.000000186. The first-order valence-corrected chi connectivity index (χ1v) is 17.0. The molecule has 0 radical (unpaired) electrons. The average molecular weight is 743 g/mol. The zero-order valence-corrected chi connectivity index (χ0v) is 30.1. The van der Waals surface area contributed by atoms with Crippen LogP contribution in [0.25, 0.3) is 32.6 Å². The Kier molecular flexibility index (Phi) is 12.3. The lowest BCUT2D eigenvalue weighted by Crippen LogP contribution is -2.09. The fraction of sp³-hybridized carbons (Fsp3) is 0.146. The molecular weight excluding hydrogens is 708 g/mol. The maximum Gasteiger partial charge on any atom is 0.335 e. The van der Waals surface area contributed by atoms with E-state index in [1.54, 1.807) is 56.9 Å². The van der Waals surface area contributed by atoms with Gasteiger partial charge in [-0.1, -0.05) is 35.7 Å². The van der Waals surface area contributed by atoms with Crippen LogP contribution in [0.5, 0.6) is 11.5 Å². The van der Waals surface area contributed by atoms with Crippen molar-refractivity contribution in [1.82, 2.24) is 19.9 Å². The smallest absolute Gasteiger partial charge is 0.335 e. The number of rotatable bonds is 13. The number of nitrogens with zero attached hydrogens (tertiary/aromatic N) is 4. The van der Waals surface area contributed by atoms with Crippen LogP contribution in [0.15, 0.2) is 104 Å². The van der Waals surface area contributed by atoms with E-state index in [0.717, 1.165) is 44.0 Å². The molecule has 0 spiro atoms. The van der Waals surface area contributed by atoms with Gasteiger partial charge in [-0.2, -0.15) is 0 Å².